The molecule has 3 N–H and O–H groups in total. The first kappa shape index (κ1) is 28.1. The first-order valence-electron chi connectivity index (χ1n) is 11.5. The standard InChI is InChI=1S/C23H41NO6/c1-2-3-4-5-6-7-8-9-10-17-24(18-11-14-21(25)26,19-12-15-22(27)28)20-13-16-23(29)30/h10,17H,2-9,11-16,18-20H2,1H3,(H2-,25,26,27,28,29,30)/p+1/b17-10+. The molecule has 0 heterocycles. The number of unbranched alkanes of at least 4 members (excludes halogenated alkanes) is 7. The van der Waals surface area contributed by atoms with Crippen LogP contribution in [-0.4, -0.2) is 57.3 Å². The zero-order valence-electron chi connectivity index (χ0n) is 18.7. The number of carboxylic acid groups (broad SMARTS) is 3. The van der Waals surface area contributed by atoms with Gasteiger partial charge in [-0.1, -0.05) is 45.4 Å². The molecule has 7 heteroatoms. The highest BCUT2D eigenvalue weighted by Crippen LogP contribution is 2.18. The molecule has 0 aromatic rings. The number of rotatable bonds is 21. The molecule has 0 aliphatic heterocycles. The smallest absolute Gasteiger partial charge is 0.303 e. The molecule has 30 heavy (non-hydrogen) atoms. The maximum absolute atomic E-state index is 10.9. The molecular formula is C23H42NO6+. The Balaban J connectivity index is 4.84. The molecule has 0 aliphatic rings. The van der Waals surface area contributed by atoms with Gasteiger partial charge in [-0.25, -0.2) is 0 Å². The molecule has 0 atom stereocenters. The second-order valence-corrected chi connectivity index (χ2v) is 8.18. The number of carbonyl (C=O) groups is 3. The monoisotopic (exact) mass is 428 g/mol. The van der Waals surface area contributed by atoms with Crippen molar-refractivity contribution in [3.63, 3.8) is 0 Å². The molecule has 0 aromatic heterocycles. The number of quaternary nitrogens is 1. The predicted molar refractivity (Wildman–Crippen MR) is 117 cm³/mol. The third-order valence-electron chi connectivity index (χ3n) is 5.38. The van der Waals surface area contributed by atoms with E-state index in [4.69, 9.17) is 15.3 Å². The van der Waals surface area contributed by atoms with Gasteiger partial charge in [0.1, 0.15) is 0 Å². The van der Waals surface area contributed by atoms with Crippen LogP contribution in [0.4, 0.5) is 0 Å². The van der Waals surface area contributed by atoms with Gasteiger partial charge in [0.15, 0.2) is 0 Å². The topological polar surface area (TPSA) is 112 Å². The number of carboxylic acids is 3. The van der Waals surface area contributed by atoms with Gasteiger partial charge >= 0.3 is 17.9 Å². The highest BCUT2D eigenvalue weighted by atomic mass is 16.4. The van der Waals surface area contributed by atoms with E-state index in [2.05, 4.69) is 19.2 Å². The molecule has 7 nitrogen and oxygen atoms in total. The van der Waals surface area contributed by atoms with Crippen molar-refractivity contribution in [2.24, 2.45) is 0 Å². The summed E-state index contributed by atoms with van der Waals surface area (Å²) in [5, 5.41) is 26.9. The van der Waals surface area contributed by atoms with Gasteiger partial charge in [0.25, 0.3) is 0 Å². The summed E-state index contributed by atoms with van der Waals surface area (Å²) in [6, 6.07) is 0. The highest BCUT2D eigenvalue weighted by Gasteiger charge is 2.25. The van der Waals surface area contributed by atoms with Gasteiger partial charge < -0.3 is 15.3 Å². The van der Waals surface area contributed by atoms with Gasteiger partial charge in [-0.2, -0.15) is 0 Å². The van der Waals surface area contributed by atoms with Crippen LogP contribution in [0.3, 0.4) is 0 Å². The molecule has 0 aromatic carbocycles. The largest absolute Gasteiger partial charge is 0.481 e. The number of hydrogen-bond donors (Lipinski definition) is 3. The van der Waals surface area contributed by atoms with Crippen LogP contribution in [-0.2, 0) is 14.4 Å². The van der Waals surface area contributed by atoms with Crippen LogP contribution in [0.15, 0.2) is 12.3 Å². The van der Waals surface area contributed by atoms with Crippen molar-refractivity contribution >= 4 is 17.9 Å². The maximum atomic E-state index is 10.9. The van der Waals surface area contributed by atoms with Crippen LogP contribution in [0.5, 0.6) is 0 Å². The summed E-state index contributed by atoms with van der Waals surface area (Å²) >= 11 is 0. The SMILES string of the molecule is CCCCCCCCC/C=C/[N+](CCCC(=O)O)(CCCC(=O)O)CCCC(=O)O. The van der Waals surface area contributed by atoms with Crippen molar-refractivity contribution in [3.05, 3.63) is 12.3 Å². The van der Waals surface area contributed by atoms with Gasteiger partial charge in [0, 0.05) is 19.3 Å². The molecule has 0 fully saturated rings. The van der Waals surface area contributed by atoms with Crippen LogP contribution in [0.2, 0.25) is 0 Å². The lowest BCUT2D eigenvalue weighted by atomic mass is 10.1. The zero-order valence-corrected chi connectivity index (χ0v) is 18.7. The molecular weight excluding hydrogens is 386 g/mol. The minimum atomic E-state index is -0.851. The summed E-state index contributed by atoms with van der Waals surface area (Å²) in [4.78, 5) is 32.8. The minimum absolute atomic E-state index is 0.0590. The van der Waals surface area contributed by atoms with E-state index in [0.29, 0.717) is 43.4 Å². The van der Waals surface area contributed by atoms with Crippen molar-refractivity contribution < 1.29 is 34.2 Å². The second kappa shape index (κ2) is 17.9. The summed E-state index contributed by atoms with van der Waals surface area (Å²) in [5.41, 5.74) is 0. The molecule has 0 rings (SSSR count). The Kier molecular flexibility index (Phi) is 16.8. The molecule has 0 bridgehead atoms. The Morgan fingerprint density at radius 3 is 1.43 bits per heavy atom. The fourth-order valence-corrected chi connectivity index (χ4v) is 3.71. The van der Waals surface area contributed by atoms with Crippen molar-refractivity contribution in [1.29, 1.82) is 0 Å². The molecule has 0 unspecified atom stereocenters. The van der Waals surface area contributed by atoms with E-state index < -0.39 is 17.9 Å². The quantitative estimate of drug-likeness (QED) is 0.174. The van der Waals surface area contributed by atoms with Crippen molar-refractivity contribution in [2.45, 2.75) is 96.8 Å². The lowest BCUT2D eigenvalue weighted by Crippen LogP contribution is -2.45. The maximum Gasteiger partial charge on any atom is 0.303 e. The lowest BCUT2D eigenvalue weighted by Gasteiger charge is -2.35. The Labute approximate surface area is 181 Å². The first-order valence-corrected chi connectivity index (χ1v) is 11.5. The third kappa shape index (κ3) is 17.0. The number of allylic oxidation sites excluding steroid dienone is 1. The average molecular weight is 429 g/mol. The van der Waals surface area contributed by atoms with Gasteiger partial charge in [-0.3, -0.25) is 18.9 Å². The van der Waals surface area contributed by atoms with Gasteiger partial charge in [0.05, 0.1) is 45.1 Å². The van der Waals surface area contributed by atoms with E-state index in [1.54, 1.807) is 0 Å². The minimum Gasteiger partial charge on any atom is -0.481 e. The molecule has 0 spiro atoms. The Morgan fingerprint density at radius 1 is 0.633 bits per heavy atom. The molecule has 0 amide bonds. The number of nitrogens with zero attached hydrogens (tertiary/aromatic N) is 1. The van der Waals surface area contributed by atoms with E-state index in [0.717, 1.165) is 12.8 Å². The lowest BCUT2D eigenvalue weighted by molar-refractivity contribution is -0.880. The molecule has 0 saturated carbocycles. The molecule has 0 aliphatic carbocycles. The van der Waals surface area contributed by atoms with Crippen LogP contribution >= 0.6 is 0 Å². The molecule has 174 valence electrons. The van der Waals surface area contributed by atoms with E-state index >= 15 is 0 Å². The Morgan fingerprint density at radius 2 is 1.03 bits per heavy atom. The summed E-state index contributed by atoms with van der Waals surface area (Å²) in [6.45, 7) is 3.95. The summed E-state index contributed by atoms with van der Waals surface area (Å²) < 4.78 is 0.463. The van der Waals surface area contributed by atoms with Crippen molar-refractivity contribution in [1.82, 2.24) is 0 Å². The first-order chi connectivity index (χ1) is 14.3. The molecule has 0 saturated heterocycles. The van der Waals surface area contributed by atoms with Gasteiger partial charge in [0.2, 0.25) is 0 Å². The second-order valence-electron chi connectivity index (χ2n) is 8.18. The number of aliphatic carboxylic acids is 3. The predicted octanol–water partition coefficient (Wildman–Crippen LogP) is 5.05. The van der Waals surface area contributed by atoms with Crippen molar-refractivity contribution in [2.75, 3.05) is 19.6 Å². The van der Waals surface area contributed by atoms with Crippen LogP contribution in [0, 0.1) is 0 Å². The Bertz CT molecular complexity index is 468. The summed E-state index contributed by atoms with van der Waals surface area (Å²) in [6.07, 6.45) is 15.4. The molecule has 0 radical (unpaired) electrons. The van der Waals surface area contributed by atoms with E-state index in [9.17, 15) is 14.4 Å². The van der Waals surface area contributed by atoms with E-state index in [-0.39, 0.29) is 19.3 Å². The summed E-state index contributed by atoms with van der Waals surface area (Å²) in [5.74, 6) is -2.55. The number of hydrogen-bond acceptors (Lipinski definition) is 3. The zero-order chi connectivity index (χ0) is 22.7. The van der Waals surface area contributed by atoms with Crippen LogP contribution in [0.1, 0.15) is 96.8 Å². The normalized spacial score (nSPS) is 11.8. The van der Waals surface area contributed by atoms with Crippen LogP contribution in [0.25, 0.3) is 0 Å². The average Bonchev–Trinajstić information content (AvgIpc) is 2.65. The fraction of sp³-hybridized carbons (Fsp3) is 0.783. The third-order valence-corrected chi connectivity index (χ3v) is 5.38. The van der Waals surface area contributed by atoms with E-state index in [1.807, 2.05) is 0 Å². The fourth-order valence-electron chi connectivity index (χ4n) is 3.71. The highest BCUT2D eigenvalue weighted by molar-refractivity contribution is 5.67. The van der Waals surface area contributed by atoms with Gasteiger partial charge in [-0.05, 0) is 18.9 Å². The van der Waals surface area contributed by atoms with Crippen LogP contribution < -0.4 is 0 Å². The van der Waals surface area contributed by atoms with E-state index in [1.165, 1.54) is 38.5 Å². The van der Waals surface area contributed by atoms with Gasteiger partial charge in [-0.15, -0.1) is 0 Å². The van der Waals surface area contributed by atoms with Crippen molar-refractivity contribution in [3.8, 4) is 0 Å². The Hall–Kier alpha value is -1.89. The summed E-state index contributed by atoms with van der Waals surface area (Å²) in [7, 11) is 0.